The predicted molar refractivity (Wildman–Crippen MR) is 107 cm³/mol. The number of ether oxygens (including phenoxy) is 3. The van der Waals surface area contributed by atoms with Gasteiger partial charge >= 0.3 is 5.97 Å². The highest BCUT2D eigenvalue weighted by Crippen LogP contribution is 2.30. The molecule has 0 amide bonds. The van der Waals surface area contributed by atoms with Gasteiger partial charge in [0.05, 0.1) is 18.6 Å². The van der Waals surface area contributed by atoms with Crippen LogP contribution < -0.4 is 9.46 Å². The van der Waals surface area contributed by atoms with Gasteiger partial charge in [-0.15, -0.1) is 0 Å². The van der Waals surface area contributed by atoms with Crippen molar-refractivity contribution in [1.82, 2.24) is 0 Å². The molecule has 154 valence electrons. The second-order valence-electron chi connectivity index (χ2n) is 6.05. The van der Waals surface area contributed by atoms with Gasteiger partial charge in [-0.1, -0.05) is 0 Å². The fourth-order valence-electron chi connectivity index (χ4n) is 2.87. The number of carbonyl (C=O) groups is 1. The summed E-state index contributed by atoms with van der Waals surface area (Å²) in [5.74, 6) is 0.294. The van der Waals surface area contributed by atoms with Crippen molar-refractivity contribution in [1.29, 1.82) is 0 Å². The number of methoxy groups -OCH3 is 2. The number of nitrogens with one attached hydrogen (secondary N) is 1. The summed E-state index contributed by atoms with van der Waals surface area (Å²) in [7, 11) is -1.10. The normalized spacial score (nSPS) is 11.4. The van der Waals surface area contributed by atoms with E-state index in [1.807, 2.05) is 6.92 Å². The number of furan rings is 1. The summed E-state index contributed by atoms with van der Waals surface area (Å²) in [6.07, 6.45) is 0. The molecule has 0 spiro atoms. The minimum atomic E-state index is -3.83. The van der Waals surface area contributed by atoms with Crippen LogP contribution in [0.25, 0.3) is 11.0 Å². The highest BCUT2D eigenvalue weighted by molar-refractivity contribution is 7.92. The lowest BCUT2D eigenvalue weighted by molar-refractivity contribution is 0.0594. The van der Waals surface area contributed by atoms with E-state index in [2.05, 4.69) is 4.72 Å². The van der Waals surface area contributed by atoms with E-state index in [0.29, 0.717) is 29.1 Å². The number of hydrogen-bond donors (Lipinski definition) is 1. The van der Waals surface area contributed by atoms with E-state index in [9.17, 15) is 13.2 Å². The van der Waals surface area contributed by atoms with Crippen LogP contribution in [0, 0.1) is 0 Å². The van der Waals surface area contributed by atoms with Crippen molar-refractivity contribution >= 4 is 32.6 Å². The topological polar surface area (TPSA) is 104 Å². The maximum atomic E-state index is 12.7. The minimum absolute atomic E-state index is 0.0757. The van der Waals surface area contributed by atoms with Crippen LogP contribution in [-0.4, -0.2) is 35.2 Å². The first kappa shape index (κ1) is 20.7. The molecule has 1 aromatic heterocycles. The van der Waals surface area contributed by atoms with Gasteiger partial charge in [-0.3, -0.25) is 4.72 Å². The third-order valence-corrected chi connectivity index (χ3v) is 5.52. The third-order valence-electron chi connectivity index (χ3n) is 4.12. The number of esters is 1. The van der Waals surface area contributed by atoms with Crippen LogP contribution in [-0.2, 0) is 26.1 Å². The van der Waals surface area contributed by atoms with Crippen molar-refractivity contribution in [2.75, 3.05) is 25.5 Å². The number of fused-ring (bicyclic) bond motifs is 1. The summed E-state index contributed by atoms with van der Waals surface area (Å²) >= 11 is 0. The Bertz CT molecular complexity index is 1120. The fraction of sp³-hybridized carbons (Fsp3) is 0.250. The van der Waals surface area contributed by atoms with Gasteiger partial charge in [0, 0.05) is 18.2 Å². The van der Waals surface area contributed by atoms with Crippen molar-refractivity contribution in [2.45, 2.75) is 18.4 Å². The third kappa shape index (κ3) is 4.36. The van der Waals surface area contributed by atoms with E-state index in [-0.39, 0.29) is 22.8 Å². The summed E-state index contributed by atoms with van der Waals surface area (Å²) in [4.78, 5) is 12.3. The molecule has 1 N–H and O–H groups in total. The predicted octanol–water partition coefficient (Wildman–Crippen LogP) is 3.57. The lowest BCUT2D eigenvalue weighted by atomic mass is 10.1. The van der Waals surface area contributed by atoms with Crippen molar-refractivity contribution in [2.24, 2.45) is 0 Å². The van der Waals surface area contributed by atoms with Crippen LogP contribution in [0.1, 0.15) is 23.0 Å². The van der Waals surface area contributed by atoms with Gasteiger partial charge in [-0.05, 0) is 49.4 Å². The molecular formula is C20H21NO7S. The molecule has 0 unspecified atom stereocenters. The zero-order chi connectivity index (χ0) is 21.0. The van der Waals surface area contributed by atoms with Crippen LogP contribution in [0.4, 0.5) is 5.69 Å². The molecule has 29 heavy (non-hydrogen) atoms. The first-order chi connectivity index (χ1) is 13.9. The molecule has 0 bridgehead atoms. The Morgan fingerprint density at radius 3 is 2.45 bits per heavy atom. The Labute approximate surface area is 168 Å². The standard InChI is InChI=1S/C20H21NO7S/c1-4-27-14-6-8-15(9-7-14)29(23,24)21-13-5-10-17-16(11-13)19(20(22)26-3)18(28-17)12-25-2/h5-11,21H,4,12H2,1-3H3. The molecule has 8 nitrogen and oxygen atoms in total. The maximum absolute atomic E-state index is 12.7. The number of sulfonamides is 1. The first-order valence-electron chi connectivity index (χ1n) is 8.78. The van der Waals surface area contributed by atoms with Crippen LogP contribution in [0.3, 0.4) is 0 Å². The minimum Gasteiger partial charge on any atom is -0.494 e. The smallest absolute Gasteiger partial charge is 0.342 e. The van der Waals surface area contributed by atoms with Gasteiger partial charge < -0.3 is 18.6 Å². The fourth-order valence-corrected chi connectivity index (χ4v) is 3.92. The van der Waals surface area contributed by atoms with E-state index in [0.717, 1.165) is 0 Å². The molecule has 0 saturated carbocycles. The highest BCUT2D eigenvalue weighted by atomic mass is 32.2. The summed E-state index contributed by atoms with van der Waals surface area (Å²) in [5.41, 5.74) is 0.897. The Morgan fingerprint density at radius 2 is 1.83 bits per heavy atom. The molecule has 0 saturated heterocycles. The first-order valence-corrected chi connectivity index (χ1v) is 10.3. The largest absolute Gasteiger partial charge is 0.494 e. The quantitative estimate of drug-likeness (QED) is 0.557. The molecule has 0 aliphatic carbocycles. The van der Waals surface area contributed by atoms with E-state index >= 15 is 0 Å². The molecule has 0 aliphatic rings. The zero-order valence-electron chi connectivity index (χ0n) is 16.2. The average Bonchev–Trinajstić information content (AvgIpc) is 3.05. The van der Waals surface area contributed by atoms with Crippen molar-refractivity contribution in [3.05, 3.63) is 53.8 Å². The Hall–Kier alpha value is -3.04. The Kier molecular flexibility index (Phi) is 6.09. The van der Waals surface area contributed by atoms with Gasteiger partial charge in [0.25, 0.3) is 10.0 Å². The molecule has 3 aromatic rings. The zero-order valence-corrected chi connectivity index (χ0v) is 17.0. The number of anilines is 1. The SMILES string of the molecule is CCOc1ccc(S(=O)(=O)Nc2ccc3oc(COC)c(C(=O)OC)c3c2)cc1. The molecule has 0 aliphatic heterocycles. The van der Waals surface area contributed by atoms with Gasteiger partial charge in [-0.2, -0.15) is 0 Å². The number of carbonyl (C=O) groups excluding carboxylic acids is 1. The van der Waals surface area contributed by atoms with E-state index in [1.54, 1.807) is 24.3 Å². The summed E-state index contributed by atoms with van der Waals surface area (Å²) in [6.45, 7) is 2.41. The van der Waals surface area contributed by atoms with Gasteiger partial charge in [-0.25, -0.2) is 13.2 Å². The van der Waals surface area contributed by atoms with E-state index < -0.39 is 16.0 Å². The van der Waals surface area contributed by atoms with Crippen LogP contribution >= 0.6 is 0 Å². The number of hydrogen-bond acceptors (Lipinski definition) is 7. The van der Waals surface area contributed by atoms with Crippen molar-refractivity contribution in [3.63, 3.8) is 0 Å². The second kappa shape index (κ2) is 8.54. The number of benzene rings is 2. The number of rotatable bonds is 8. The summed E-state index contributed by atoms with van der Waals surface area (Å²) in [6, 6.07) is 10.7. The molecule has 0 fully saturated rings. The molecule has 3 rings (SSSR count). The van der Waals surface area contributed by atoms with Crippen molar-refractivity contribution in [3.8, 4) is 5.75 Å². The van der Waals surface area contributed by atoms with Crippen LogP contribution in [0.2, 0.25) is 0 Å². The monoisotopic (exact) mass is 419 g/mol. The van der Waals surface area contributed by atoms with Gasteiger partial charge in [0.2, 0.25) is 0 Å². The molecule has 0 atom stereocenters. The second-order valence-corrected chi connectivity index (χ2v) is 7.73. The molecule has 2 aromatic carbocycles. The van der Waals surface area contributed by atoms with E-state index in [4.69, 9.17) is 18.6 Å². The molecule has 1 heterocycles. The average molecular weight is 419 g/mol. The lowest BCUT2D eigenvalue weighted by Crippen LogP contribution is -2.13. The Balaban J connectivity index is 1.96. The van der Waals surface area contributed by atoms with Gasteiger partial charge in [0.15, 0.2) is 0 Å². The summed E-state index contributed by atoms with van der Waals surface area (Å²) in [5, 5.41) is 0.427. The highest BCUT2D eigenvalue weighted by Gasteiger charge is 2.23. The molecular weight excluding hydrogens is 398 g/mol. The lowest BCUT2D eigenvalue weighted by Gasteiger charge is -2.09. The molecule has 9 heteroatoms. The summed E-state index contributed by atoms with van der Waals surface area (Å²) < 4.78 is 48.8. The molecule has 0 radical (unpaired) electrons. The van der Waals surface area contributed by atoms with Crippen LogP contribution in [0.15, 0.2) is 51.8 Å². The maximum Gasteiger partial charge on any atom is 0.342 e. The van der Waals surface area contributed by atoms with Crippen LogP contribution in [0.5, 0.6) is 5.75 Å². The Morgan fingerprint density at radius 1 is 1.10 bits per heavy atom. The van der Waals surface area contributed by atoms with Crippen molar-refractivity contribution < 1.29 is 31.8 Å². The van der Waals surface area contributed by atoms with E-state index in [1.165, 1.54) is 32.4 Å². The van der Waals surface area contributed by atoms with Gasteiger partial charge in [0.1, 0.15) is 29.3 Å².